The molecule has 3 aromatic rings. The highest BCUT2D eigenvalue weighted by molar-refractivity contribution is 5.76. The molecule has 0 saturated carbocycles. The lowest BCUT2D eigenvalue weighted by atomic mass is 9.92. The Morgan fingerprint density at radius 1 is 1.02 bits per heavy atom. The lowest BCUT2D eigenvalue weighted by Gasteiger charge is -2.34. The van der Waals surface area contributed by atoms with Crippen LogP contribution in [-0.2, 0) is 17.8 Å². The summed E-state index contributed by atoms with van der Waals surface area (Å²) >= 11 is 0. The number of carboxylic acids is 1. The quantitative estimate of drug-likeness (QED) is 0.253. The molecular formula is C35H53F2N5O3. The Kier molecular flexibility index (Phi) is 15.0. The number of aliphatic carboxylic acids is 1. The minimum Gasteiger partial charge on any atom is -0.481 e. The van der Waals surface area contributed by atoms with Gasteiger partial charge in [0.2, 0.25) is 0 Å². The number of aromatic nitrogens is 2. The van der Waals surface area contributed by atoms with E-state index in [-0.39, 0.29) is 26.8 Å². The summed E-state index contributed by atoms with van der Waals surface area (Å²) in [7, 11) is 0.500. The van der Waals surface area contributed by atoms with Gasteiger partial charge in [-0.1, -0.05) is 68.1 Å². The third-order valence-corrected chi connectivity index (χ3v) is 8.76. The van der Waals surface area contributed by atoms with E-state index in [2.05, 4.69) is 71.8 Å². The Bertz CT molecular complexity index is 1290. The number of likely N-dealkylation sites (tertiary alicyclic amines) is 2. The second-order valence-corrected chi connectivity index (χ2v) is 11.5. The number of halogens is 2. The van der Waals surface area contributed by atoms with Crippen LogP contribution in [0, 0.1) is 5.92 Å². The molecule has 2 saturated heterocycles. The maximum absolute atomic E-state index is 13.1. The fourth-order valence-corrected chi connectivity index (χ4v) is 6.30. The Morgan fingerprint density at radius 3 is 2.20 bits per heavy atom. The molecule has 0 aliphatic carbocycles. The smallest absolute Gasteiger partial charge is 0.317 e. The van der Waals surface area contributed by atoms with Gasteiger partial charge in [-0.3, -0.25) is 18.6 Å². The number of alkyl halides is 1. The number of nitrogens with one attached hydrogen (secondary N) is 1. The first kappa shape index (κ1) is 35.7. The Hall–Kier alpha value is -3.79. The number of hydrogen-bond donors (Lipinski definition) is 2. The van der Waals surface area contributed by atoms with Crippen molar-refractivity contribution >= 4 is 12.0 Å². The summed E-state index contributed by atoms with van der Waals surface area (Å²) in [6.07, 6.45) is 4.94. The van der Waals surface area contributed by atoms with Crippen molar-refractivity contribution in [2.24, 2.45) is 5.92 Å². The Balaban J connectivity index is 0.00000177. The first-order chi connectivity index (χ1) is 22.0. The van der Waals surface area contributed by atoms with Gasteiger partial charge >= 0.3 is 12.0 Å². The lowest BCUT2D eigenvalue weighted by Crippen LogP contribution is -2.47. The minimum atomic E-state index is -0.761. The van der Waals surface area contributed by atoms with Crippen molar-refractivity contribution in [3.63, 3.8) is 0 Å². The van der Waals surface area contributed by atoms with Gasteiger partial charge in [-0.2, -0.15) is 5.10 Å². The van der Waals surface area contributed by atoms with Gasteiger partial charge in [-0.25, -0.2) is 4.79 Å². The zero-order valence-corrected chi connectivity index (χ0v) is 25.9. The van der Waals surface area contributed by atoms with Crippen LogP contribution in [0.3, 0.4) is 0 Å². The van der Waals surface area contributed by atoms with E-state index in [1.807, 2.05) is 18.2 Å². The number of carbonyl (C=O) groups excluding carboxylic acids is 1. The minimum absolute atomic E-state index is 0. The molecule has 45 heavy (non-hydrogen) atoms. The molecule has 2 fully saturated rings. The summed E-state index contributed by atoms with van der Waals surface area (Å²) in [6.45, 7) is 7.01. The normalized spacial score (nSPS) is 16.5. The number of benzene rings is 2. The molecule has 8 nitrogen and oxygen atoms in total. The standard InChI is InChI=1S/C33H43N5O3.CH3F.CH4.FH.H2/c1-2-38-31(24-29(35-38)23-25-9-5-3-6-10-25)27-13-18-36(19-14-27)20-17-30(26-11-7-4-8-12-26)34-33(41)37-21-15-28(16-22-37)32(39)40;1-2;;;/h3-12,24,27-28,30H,2,13-23H2,1H3,(H,34,41)(H,39,40);1H3;1H4;2*1H/t30-;;;;/m0..../s1/i;;;;1+2/hT. The first-order valence-corrected chi connectivity index (χ1v) is 15.5. The van der Waals surface area contributed by atoms with Gasteiger partial charge in [0.25, 0.3) is 1.45 Å². The van der Waals surface area contributed by atoms with E-state index < -0.39 is 5.97 Å². The predicted molar refractivity (Wildman–Crippen MR) is 178 cm³/mol. The molecule has 250 valence electrons. The molecular weight excluding hydrogens is 576 g/mol. The molecule has 10 heteroatoms. The Labute approximate surface area is 270 Å². The Morgan fingerprint density at radius 2 is 1.62 bits per heavy atom. The highest BCUT2D eigenvalue weighted by Gasteiger charge is 2.29. The third kappa shape index (κ3) is 10.4. The van der Waals surface area contributed by atoms with Gasteiger partial charge in [0.15, 0.2) is 0 Å². The monoisotopic (exact) mass is 633 g/mol. The molecule has 1 atom stereocenters. The van der Waals surface area contributed by atoms with E-state index in [0.717, 1.165) is 63.1 Å². The number of carbonyl (C=O) groups is 2. The zero-order chi connectivity index (χ0) is 32.6. The fourth-order valence-electron chi connectivity index (χ4n) is 6.30. The summed E-state index contributed by atoms with van der Waals surface area (Å²) < 4.78 is 24.7. The summed E-state index contributed by atoms with van der Waals surface area (Å²) in [5.41, 5.74) is 4.90. The number of urea groups is 1. The van der Waals surface area contributed by atoms with Gasteiger partial charge in [0.05, 0.1) is 24.8 Å². The summed E-state index contributed by atoms with van der Waals surface area (Å²) in [5, 5.41) is 17.5. The van der Waals surface area contributed by atoms with Crippen LogP contribution >= 0.6 is 0 Å². The fraction of sp³-hybridized carbons (Fsp3) is 0.514. The van der Waals surface area contributed by atoms with Crippen LogP contribution in [0.4, 0.5) is 13.9 Å². The summed E-state index contributed by atoms with van der Waals surface area (Å²) in [6, 6.07) is 22.9. The van der Waals surface area contributed by atoms with E-state index in [1.54, 1.807) is 4.90 Å². The summed E-state index contributed by atoms with van der Waals surface area (Å²) in [4.78, 5) is 28.7. The zero-order valence-electron chi connectivity index (χ0n) is 26.9. The molecule has 2 N–H and O–H groups in total. The number of aryl methyl sites for hydroxylation is 1. The van der Waals surface area contributed by atoms with Gasteiger partial charge in [-0.15, -0.1) is 0 Å². The van der Waals surface area contributed by atoms with Crippen LogP contribution in [-0.4, -0.2) is 78.0 Å². The number of nitrogens with zero attached hydrogens (tertiary/aromatic N) is 4. The van der Waals surface area contributed by atoms with Crippen molar-refractivity contribution in [1.29, 1.82) is 1.45 Å². The molecule has 0 spiro atoms. The van der Waals surface area contributed by atoms with Gasteiger partial charge in [-0.05, 0) is 69.3 Å². The molecule has 5 rings (SSSR count). The topological polar surface area (TPSA) is 90.7 Å². The van der Waals surface area contributed by atoms with Crippen LogP contribution in [0.25, 0.3) is 0 Å². The van der Waals surface area contributed by atoms with Gasteiger partial charge < -0.3 is 20.2 Å². The van der Waals surface area contributed by atoms with E-state index in [0.29, 0.717) is 39.0 Å². The number of hydrogen-bond acceptors (Lipinski definition) is 4. The molecule has 0 bridgehead atoms. The third-order valence-electron chi connectivity index (χ3n) is 8.76. The largest absolute Gasteiger partial charge is 0.481 e. The van der Waals surface area contributed by atoms with E-state index in [4.69, 9.17) is 9.82 Å². The number of amides is 2. The van der Waals surface area contributed by atoms with Crippen molar-refractivity contribution < 1.29 is 25.2 Å². The molecule has 2 aliphatic rings. The first-order valence-electron chi connectivity index (χ1n) is 15.9. The maximum atomic E-state index is 13.1. The highest BCUT2D eigenvalue weighted by Crippen LogP contribution is 2.30. The SMILES string of the molecule is C.CCn1nc(Cc2ccccc2)cc1C1CCN(CC[C@H](NC(=O)N2CCC(C(=O)O)CC2)c2ccccc2)CC1.CF.[3HH].[3H]F. The van der Waals surface area contributed by atoms with E-state index in [9.17, 15) is 19.1 Å². The molecule has 3 heterocycles. The van der Waals surface area contributed by atoms with Gasteiger partial charge in [0.1, 0.15) is 0 Å². The van der Waals surface area contributed by atoms with Crippen LogP contribution in [0.5, 0.6) is 0 Å². The van der Waals surface area contributed by atoms with Crippen molar-refractivity contribution in [1.82, 2.24) is 24.9 Å². The van der Waals surface area contributed by atoms with E-state index >= 15 is 0 Å². The average Bonchev–Trinajstić information content (AvgIpc) is 3.52. The molecule has 2 aromatic carbocycles. The van der Waals surface area contributed by atoms with Crippen LogP contribution in [0.15, 0.2) is 66.7 Å². The second-order valence-electron chi connectivity index (χ2n) is 11.5. The van der Waals surface area contributed by atoms with Crippen molar-refractivity contribution in [2.75, 3.05) is 39.9 Å². The van der Waals surface area contributed by atoms with Gasteiger partial charge in [0, 0.05) is 45.6 Å². The molecule has 2 amide bonds. The van der Waals surface area contributed by atoms with Crippen molar-refractivity contribution in [3.8, 4) is 0 Å². The lowest BCUT2D eigenvalue weighted by molar-refractivity contribution is -0.143. The van der Waals surface area contributed by atoms with Crippen LogP contribution in [0.2, 0.25) is 0 Å². The van der Waals surface area contributed by atoms with E-state index in [1.165, 1.54) is 11.3 Å². The second kappa shape index (κ2) is 18.9. The molecule has 0 unspecified atom stereocenters. The average molecular weight is 634 g/mol. The number of piperidine rings is 2. The predicted octanol–water partition coefficient (Wildman–Crippen LogP) is 6.93. The van der Waals surface area contributed by atoms with Crippen LogP contribution < -0.4 is 5.32 Å². The number of rotatable bonds is 10. The van der Waals surface area contributed by atoms with Crippen molar-refractivity contribution in [2.45, 2.75) is 71.4 Å². The number of carboxylic acid groups (broad SMARTS) is 1. The van der Waals surface area contributed by atoms with Crippen LogP contribution in [0.1, 0.15) is 82.4 Å². The maximum Gasteiger partial charge on any atom is 0.317 e. The summed E-state index contributed by atoms with van der Waals surface area (Å²) in [5.74, 6) is -0.595. The molecule has 2 aliphatic heterocycles. The molecule has 1 aromatic heterocycles. The molecule has 0 radical (unpaired) electrons. The highest BCUT2D eigenvalue weighted by atomic mass is 19.1. The van der Waals surface area contributed by atoms with Crippen molar-refractivity contribution in [3.05, 3.63) is 89.2 Å².